The Bertz CT molecular complexity index is 243. The molecule has 1 rings (SSSR count). The van der Waals surface area contributed by atoms with Crippen molar-refractivity contribution in [2.24, 2.45) is 11.8 Å². The predicted molar refractivity (Wildman–Crippen MR) is 80.3 cm³/mol. The molecule has 0 aromatic heterocycles. The Labute approximate surface area is 119 Å². The van der Waals surface area contributed by atoms with Crippen LogP contribution >= 0.6 is 0 Å². The third-order valence-electron chi connectivity index (χ3n) is 4.27. The van der Waals surface area contributed by atoms with Gasteiger partial charge in [0.2, 0.25) is 0 Å². The highest BCUT2D eigenvalue weighted by Gasteiger charge is 2.42. The Morgan fingerprint density at radius 1 is 1.26 bits per heavy atom. The summed E-state index contributed by atoms with van der Waals surface area (Å²) in [6.45, 7) is 10.7. The molecular weight excluding hydrogens is 238 g/mol. The number of hydrogen-bond acceptors (Lipinski definition) is 3. The average molecular weight is 271 g/mol. The van der Waals surface area contributed by atoms with Gasteiger partial charge >= 0.3 is 0 Å². The van der Waals surface area contributed by atoms with E-state index in [1.807, 2.05) is 0 Å². The maximum atomic E-state index is 9.81. The molecule has 2 N–H and O–H groups in total. The average Bonchev–Trinajstić information content (AvgIpc) is 2.71. The lowest BCUT2D eigenvalue weighted by atomic mass is 9.85. The molecule has 0 aromatic rings. The first-order valence-electron chi connectivity index (χ1n) is 7.96. The first-order chi connectivity index (χ1) is 9.00. The summed E-state index contributed by atoms with van der Waals surface area (Å²) in [6, 6.07) is 0.426. The monoisotopic (exact) mass is 271 g/mol. The van der Waals surface area contributed by atoms with Gasteiger partial charge < -0.3 is 15.2 Å². The van der Waals surface area contributed by atoms with E-state index in [-0.39, 0.29) is 12.1 Å². The molecule has 3 nitrogen and oxygen atoms in total. The molecule has 0 amide bonds. The first kappa shape index (κ1) is 16.9. The maximum absolute atomic E-state index is 9.81. The topological polar surface area (TPSA) is 41.5 Å². The van der Waals surface area contributed by atoms with Crippen LogP contribution in [-0.2, 0) is 4.74 Å². The highest BCUT2D eigenvalue weighted by Crippen LogP contribution is 2.38. The van der Waals surface area contributed by atoms with Crippen LogP contribution < -0.4 is 5.32 Å². The Morgan fingerprint density at radius 3 is 2.58 bits per heavy atom. The summed E-state index contributed by atoms with van der Waals surface area (Å²) in [6.07, 6.45) is 5.74. The van der Waals surface area contributed by atoms with Crippen molar-refractivity contribution in [3.63, 3.8) is 0 Å². The molecule has 0 spiro atoms. The number of hydrogen-bond donors (Lipinski definition) is 2. The van der Waals surface area contributed by atoms with E-state index >= 15 is 0 Å². The van der Waals surface area contributed by atoms with Crippen LogP contribution in [0.2, 0.25) is 0 Å². The Morgan fingerprint density at radius 2 is 2.00 bits per heavy atom. The molecule has 0 radical (unpaired) electrons. The highest BCUT2D eigenvalue weighted by molar-refractivity contribution is 4.99. The highest BCUT2D eigenvalue weighted by atomic mass is 16.5. The lowest BCUT2D eigenvalue weighted by molar-refractivity contribution is 0.0711. The van der Waals surface area contributed by atoms with E-state index in [4.69, 9.17) is 4.74 Å². The molecule has 114 valence electrons. The second kappa shape index (κ2) is 8.23. The van der Waals surface area contributed by atoms with Gasteiger partial charge in [-0.1, -0.05) is 34.1 Å². The second-order valence-corrected chi connectivity index (χ2v) is 6.79. The summed E-state index contributed by atoms with van der Waals surface area (Å²) in [5.41, 5.74) is -0.0599. The first-order valence-corrected chi connectivity index (χ1v) is 7.96. The number of aliphatic hydroxyl groups excluding tert-OH is 1. The molecule has 0 bridgehead atoms. The van der Waals surface area contributed by atoms with Gasteiger partial charge in [-0.2, -0.15) is 0 Å². The van der Waals surface area contributed by atoms with Gasteiger partial charge in [0.15, 0.2) is 0 Å². The van der Waals surface area contributed by atoms with Crippen molar-refractivity contribution in [1.82, 2.24) is 5.32 Å². The van der Waals surface area contributed by atoms with Crippen molar-refractivity contribution < 1.29 is 9.84 Å². The minimum absolute atomic E-state index is 0.0599. The van der Waals surface area contributed by atoms with E-state index in [9.17, 15) is 5.11 Å². The number of aliphatic hydroxyl groups is 1. The standard InChI is InChI=1S/C16H33NO2/c1-13(2)7-10-19-11-8-15-6-5-9-16(15,12-18)17-14(3)4/h13-15,17-18H,5-12H2,1-4H3. The van der Waals surface area contributed by atoms with Gasteiger partial charge in [-0.05, 0) is 37.5 Å². The molecule has 0 aliphatic heterocycles. The number of rotatable bonds is 9. The molecule has 1 saturated carbocycles. The van der Waals surface area contributed by atoms with Crippen LogP contribution in [0, 0.1) is 11.8 Å². The summed E-state index contributed by atoms with van der Waals surface area (Å²) < 4.78 is 5.74. The lowest BCUT2D eigenvalue weighted by Crippen LogP contribution is -2.54. The van der Waals surface area contributed by atoms with Gasteiger partial charge in [0, 0.05) is 24.8 Å². The van der Waals surface area contributed by atoms with Crippen LogP contribution in [0.5, 0.6) is 0 Å². The van der Waals surface area contributed by atoms with Crippen molar-refractivity contribution >= 4 is 0 Å². The van der Waals surface area contributed by atoms with E-state index in [0.717, 1.165) is 32.5 Å². The Balaban J connectivity index is 2.34. The van der Waals surface area contributed by atoms with E-state index in [1.165, 1.54) is 12.8 Å². The van der Waals surface area contributed by atoms with Gasteiger partial charge in [0.05, 0.1) is 6.61 Å². The molecular formula is C16H33NO2. The molecule has 19 heavy (non-hydrogen) atoms. The summed E-state index contributed by atoms with van der Waals surface area (Å²) in [5.74, 6) is 1.27. The van der Waals surface area contributed by atoms with Gasteiger partial charge in [-0.15, -0.1) is 0 Å². The molecule has 2 atom stereocenters. The van der Waals surface area contributed by atoms with Crippen LogP contribution in [0.25, 0.3) is 0 Å². The van der Waals surface area contributed by atoms with Crippen LogP contribution in [0.3, 0.4) is 0 Å². The Kier molecular flexibility index (Phi) is 7.33. The summed E-state index contributed by atoms with van der Waals surface area (Å²) >= 11 is 0. The predicted octanol–water partition coefficient (Wildman–Crippen LogP) is 2.97. The molecule has 3 heteroatoms. The van der Waals surface area contributed by atoms with Gasteiger partial charge in [-0.3, -0.25) is 0 Å². The van der Waals surface area contributed by atoms with Crippen LogP contribution in [0.4, 0.5) is 0 Å². The van der Waals surface area contributed by atoms with Gasteiger partial charge in [-0.25, -0.2) is 0 Å². The van der Waals surface area contributed by atoms with E-state index in [0.29, 0.717) is 17.9 Å². The lowest BCUT2D eigenvalue weighted by Gasteiger charge is -2.37. The molecule has 0 heterocycles. The quantitative estimate of drug-likeness (QED) is 0.634. The fraction of sp³-hybridized carbons (Fsp3) is 1.00. The minimum Gasteiger partial charge on any atom is -0.394 e. The Hall–Kier alpha value is -0.120. The fourth-order valence-electron chi connectivity index (χ4n) is 3.23. The van der Waals surface area contributed by atoms with E-state index < -0.39 is 0 Å². The van der Waals surface area contributed by atoms with E-state index in [1.54, 1.807) is 0 Å². The summed E-state index contributed by atoms with van der Waals surface area (Å²) in [5, 5.41) is 13.4. The molecule has 1 aliphatic rings. The zero-order valence-corrected chi connectivity index (χ0v) is 13.2. The third kappa shape index (κ3) is 5.41. The molecule has 0 aromatic carbocycles. The van der Waals surface area contributed by atoms with Gasteiger partial charge in [0.25, 0.3) is 0 Å². The smallest absolute Gasteiger partial charge is 0.0616 e. The zero-order valence-electron chi connectivity index (χ0n) is 13.2. The maximum Gasteiger partial charge on any atom is 0.0616 e. The largest absolute Gasteiger partial charge is 0.394 e. The SMILES string of the molecule is CC(C)CCOCCC1CCCC1(CO)NC(C)C. The third-order valence-corrected chi connectivity index (χ3v) is 4.27. The molecule has 1 fully saturated rings. The number of ether oxygens (including phenoxy) is 1. The van der Waals surface area contributed by atoms with Gasteiger partial charge in [0.1, 0.15) is 0 Å². The van der Waals surface area contributed by atoms with Crippen molar-refractivity contribution in [2.45, 2.75) is 71.4 Å². The summed E-state index contributed by atoms with van der Waals surface area (Å²) in [4.78, 5) is 0. The molecule has 0 saturated heterocycles. The van der Waals surface area contributed by atoms with Crippen molar-refractivity contribution in [3.05, 3.63) is 0 Å². The van der Waals surface area contributed by atoms with Crippen LogP contribution in [-0.4, -0.2) is 36.5 Å². The van der Waals surface area contributed by atoms with Crippen molar-refractivity contribution in [2.75, 3.05) is 19.8 Å². The minimum atomic E-state index is -0.0599. The van der Waals surface area contributed by atoms with Crippen LogP contribution in [0.1, 0.15) is 59.8 Å². The number of nitrogens with one attached hydrogen (secondary N) is 1. The fourth-order valence-corrected chi connectivity index (χ4v) is 3.23. The normalized spacial score (nSPS) is 27.6. The zero-order chi connectivity index (χ0) is 14.3. The molecule has 2 unspecified atom stereocenters. The summed E-state index contributed by atoms with van der Waals surface area (Å²) in [7, 11) is 0. The molecule has 1 aliphatic carbocycles. The van der Waals surface area contributed by atoms with Crippen LogP contribution in [0.15, 0.2) is 0 Å². The van der Waals surface area contributed by atoms with Crippen molar-refractivity contribution in [3.8, 4) is 0 Å². The van der Waals surface area contributed by atoms with Crippen molar-refractivity contribution in [1.29, 1.82) is 0 Å². The second-order valence-electron chi connectivity index (χ2n) is 6.79. The van der Waals surface area contributed by atoms with E-state index in [2.05, 4.69) is 33.0 Å².